The Balaban J connectivity index is 1.46. The number of nitrogens with zero attached hydrogens (tertiary/aromatic N) is 3. The van der Waals surface area contributed by atoms with Crippen molar-refractivity contribution < 1.29 is 18.7 Å². The molecule has 0 spiro atoms. The van der Waals surface area contributed by atoms with Gasteiger partial charge in [0.25, 0.3) is 0 Å². The minimum absolute atomic E-state index is 0.0453. The molecule has 1 aromatic heterocycles. The number of carbonyl (C=O) groups is 2. The minimum Gasteiger partial charge on any atom is -0.450 e. The lowest BCUT2D eigenvalue weighted by atomic mass is 9.96. The van der Waals surface area contributed by atoms with E-state index in [0.29, 0.717) is 44.8 Å². The van der Waals surface area contributed by atoms with Crippen molar-refractivity contribution in [3.8, 4) is 16.9 Å². The largest absolute Gasteiger partial charge is 0.450 e. The summed E-state index contributed by atoms with van der Waals surface area (Å²) in [5.41, 5.74) is 3.20. The Morgan fingerprint density at radius 1 is 1.09 bits per heavy atom. The molecule has 0 aliphatic carbocycles. The zero-order valence-electron chi connectivity index (χ0n) is 18.5. The van der Waals surface area contributed by atoms with Gasteiger partial charge in [0.15, 0.2) is 0 Å². The fraction of sp³-hybridized carbons (Fsp3) is 0.320. The van der Waals surface area contributed by atoms with Crippen LogP contribution < -0.4 is 5.32 Å². The molecule has 2 amide bonds. The highest BCUT2D eigenvalue weighted by atomic mass is 19.1. The van der Waals surface area contributed by atoms with Gasteiger partial charge in [0.2, 0.25) is 5.91 Å². The quantitative estimate of drug-likeness (QED) is 0.612. The Morgan fingerprint density at radius 3 is 2.45 bits per heavy atom. The Morgan fingerprint density at radius 2 is 1.79 bits per heavy atom. The lowest BCUT2D eigenvalue weighted by molar-refractivity contribution is -0.126. The Hall–Kier alpha value is -3.68. The van der Waals surface area contributed by atoms with Gasteiger partial charge < -0.3 is 15.0 Å². The van der Waals surface area contributed by atoms with Crippen LogP contribution in [0.5, 0.6) is 0 Å². The molecule has 33 heavy (non-hydrogen) atoms. The van der Waals surface area contributed by atoms with Crippen molar-refractivity contribution in [3.05, 3.63) is 72.2 Å². The molecule has 2 aromatic carbocycles. The van der Waals surface area contributed by atoms with E-state index in [0.717, 1.165) is 16.8 Å². The summed E-state index contributed by atoms with van der Waals surface area (Å²) < 4.78 is 20.2. The lowest BCUT2D eigenvalue weighted by Crippen LogP contribution is -2.43. The van der Waals surface area contributed by atoms with Crippen molar-refractivity contribution in [1.29, 1.82) is 0 Å². The van der Waals surface area contributed by atoms with Crippen LogP contribution in [0.2, 0.25) is 0 Å². The average Bonchev–Trinajstić information content (AvgIpc) is 3.28. The third-order valence-electron chi connectivity index (χ3n) is 5.77. The van der Waals surface area contributed by atoms with E-state index in [1.807, 2.05) is 36.5 Å². The van der Waals surface area contributed by atoms with Crippen molar-refractivity contribution in [2.45, 2.75) is 26.3 Å². The van der Waals surface area contributed by atoms with Gasteiger partial charge in [0.1, 0.15) is 5.82 Å². The fourth-order valence-corrected chi connectivity index (χ4v) is 3.97. The van der Waals surface area contributed by atoms with Crippen LogP contribution in [-0.4, -0.2) is 46.4 Å². The van der Waals surface area contributed by atoms with Gasteiger partial charge in [-0.15, -0.1) is 0 Å². The number of halogens is 1. The standard InChI is InChI=1S/C25H27FN4O3/c1-2-33-25(32)29-14-12-19(13-15-29)24(31)27-16-20-17-30(22-6-4-3-5-7-22)28-23(20)18-8-10-21(26)11-9-18/h3-11,17,19H,2,12-16H2,1H3,(H,27,31). The minimum atomic E-state index is -0.325. The third kappa shape index (κ3) is 5.39. The highest BCUT2D eigenvalue weighted by molar-refractivity contribution is 5.79. The molecule has 0 saturated carbocycles. The zero-order chi connectivity index (χ0) is 23.2. The number of amides is 2. The van der Waals surface area contributed by atoms with Gasteiger partial charge in [-0.05, 0) is 56.2 Å². The van der Waals surface area contributed by atoms with E-state index in [1.165, 1.54) is 12.1 Å². The van der Waals surface area contributed by atoms with E-state index in [2.05, 4.69) is 5.32 Å². The molecule has 1 aliphatic heterocycles. The summed E-state index contributed by atoms with van der Waals surface area (Å²) in [5, 5.41) is 7.73. The maximum atomic E-state index is 13.4. The molecule has 1 aliphatic rings. The molecule has 7 nitrogen and oxygen atoms in total. The maximum Gasteiger partial charge on any atom is 0.409 e. The van der Waals surface area contributed by atoms with Crippen molar-refractivity contribution in [1.82, 2.24) is 20.0 Å². The predicted octanol–water partition coefficient (Wildman–Crippen LogP) is 4.16. The van der Waals surface area contributed by atoms with E-state index in [4.69, 9.17) is 9.84 Å². The number of likely N-dealkylation sites (tertiary alicyclic amines) is 1. The summed E-state index contributed by atoms with van der Waals surface area (Å²) in [4.78, 5) is 26.3. The number of rotatable bonds is 6. The summed E-state index contributed by atoms with van der Waals surface area (Å²) in [6, 6.07) is 15.8. The summed E-state index contributed by atoms with van der Waals surface area (Å²) in [7, 11) is 0. The molecule has 1 N–H and O–H groups in total. The molecular formula is C25H27FN4O3. The van der Waals surface area contributed by atoms with Crippen LogP contribution in [-0.2, 0) is 16.1 Å². The summed E-state index contributed by atoms with van der Waals surface area (Å²) in [5.74, 6) is -0.518. The smallest absolute Gasteiger partial charge is 0.409 e. The number of hydrogen-bond donors (Lipinski definition) is 1. The van der Waals surface area contributed by atoms with Crippen LogP contribution in [0.25, 0.3) is 16.9 Å². The van der Waals surface area contributed by atoms with Gasteiger partial charge in [0, 0.05) is 42.9 Å². The highest BCUT2D eigenvalue weighted by Crippen LogP contribution is 2.25. The van der Waals surface area contributed by atoms with Crippen molar-refractivity contribution in [3.63, 3.8) is 0 Å². The third-order valence-corrected chi connectivity index (χ3v) is 5.77. The number of piperidine rings is 1. The van der Waals surface area contributed by atoms with Crippen molar-refractivity contribution >= 4 is 12.0 Å². The first-order chi connectivity index (χ1) is 16.0. The first-order valence-electron chi connectivity index (χ1n) is 11.1. The first kappa shape index (κ1) is 22.5. The van der Waals surface area contributed by atoms with Gasteiger partial charge in [-0.1, -0.05) is 18.2 Å². The highest BCUT2D eigenvalue weighted by Gasteiger charge is 2.28. The number of para-hydroxylation sites is 1. The van der Waals surface area contributed by atoms with Gasteiger partial charge in [0.05, 0.1) is 18.0 Å². The summed E-state index contributed by atoms with van der Waals surface area (Å²) in [6.07, 6.45) is 2.75. The van der Waals surface area contributed by atoms with Gasteiger partial charge in [-0.3, -0.25) is 4.79 Å². The molecule has 0 unspecified atom stereocenters. The number of ether oxygens (including phenoxy) is 1. The molecule has 3 aromatic rings. The normalized spacial score (nSPS) is 14.2. The summed E-state index contributed by atoms with van der Waals surface area (Å²) >= 11 is 0. The lowest BCUT2D eigenvalue weighted by Gasteiger charge is -2.30. The van der Waals surface area contributed by atoms with Crippen LogP contribution >= 0.6 is 0 Å². The Labute approximate surface area is 192 Å². The number of nitrogens with one attached hydrogen (secondary N) is 1. The topological polar surface area (TPSA) is 76.5 Å². The van der Waals surface area contributed by atoms with Crippen LogP contribution in [0.15, 0.2) is 60.8 Å². The molecule has 8 heteroatoms. The molecule has 0 bridgehead atoms. The first-order valence-corrected chi connectivity index (χ1v) is 11.1. The van der Waals surface area contributed by atoms with E-state index in [9.17, 15) is 14.0 Å². The Kier molecular flexibility index (Phi) is 7.02. The number of aromatic nitrogens is 2. The van der Waals surface area contributed by atoms with E-state index < -0.39 is 0 Å². The second-order valence-electron chi connectivity index (χ2n) is 7.97. The van der Waals surface area contributed by atoms with Gasteiger partial charge in [-0.25, -0.2) is 13.9 Å². The van der Waals surface area contributed by atoms with Crippen molar-refractivity contribution in [2.24, 2.45) is 5.92 Å². The molecule has 0 atom stereocenters. The number of benzene rings is 2. The Bertz CT molecular complexity index is 1090. The molecule has 2 heterocycles. The predicted molar refractivity (Wildman–Crippen MR) is 122 cm³/mol. The monoisotopic (exact) mass is 450 g/mol. The maximum absolute atomic E-state index is 13.4. The van der Waals surface area contributed by atoms with Crippen molar-refractivity contribution in [2.75, 3.05) is 19.7 Å². The van der Waals surface area contributed by atoms with Crippen LogP contribution in [0.3, 0.4) is 0 Å². The van der Waals surface area contributed by atoms with Crippen LogP contribution in [0.1, 0.15) is 25.3 Å². The van der Waals surface area contributed by atoms with E-state index >= 15 is 0 Å². The zero-order valence-corrected chi connectivity index (χ0v) is 18.5. The second-order valence-corrected chi connectivity index (χ2v) is 7.97. The van der Waals surface area contributed by atoms with Crippen LogP contribution in [0.4, 0.5) is 9.18 Å². The molecule has 0 radical (unpaired) electrons. The molecular weight excluding hydrogens is 423 g/mol. The van der Waals surface area contributed by atoms with E-state index in [1.54, 1.807) is 28.6 Å². The fourth-order valence-electron chi connectivity index (χ4n) is 3.97. The molecule has 1 fully saturated rings. The van der Waals surface area contributed by atoms with Gasteiger partial charge in [-0.2, -0.15) is 5.10 Å². The molecule has 1 saturated heterocycles. The molecule has 4 rings (SSSR count). The molecule has 172 valence electrons. The number of hydrogen-bond acceptors (Lipinski definition) is 4. The average molecular weight is 451 g/mol. The van der Waals surface area contributed by atoms with E-state index in [-0.39, 0.29) is 23.7 Å². The van der Waals surface area contributed by atoms with Crippen LogP contribution in [0, 0.1) is 11.7 Å². The number of carbonyl (C=O) groups excluding carboxylic acids is 2. The van der Waals surface area contributed by atoms with Gasteiger partial charge >= 0.3 is 6.09 Å². The summed E-state index contributed by atoms with van der Waals surface area (Å²) in [6.45, 7) is 3.42. The second kappa shape index (κ2) is 10.3. The SMILES string of the molecule is CCOC(=O)N1CCC(C(=O)NCc2cn(-c3ccccc3)nc2-c2ccc(F)cc2)CC1.